The lowest BCUT2D eigenvalue weighted by atomic mass is 9.91. The molecule has 1 amide bonds. The molecule has 0 unspecified atom stereocenters. The van der Waals surface area contributed by atoms with E-state index in [1.54, 1.807) is 24.3 Å². The van der Waals surface area contributed by atoms with Crippen molar-refractivity contribution in [2.24, 2.45) is 0 Å². The van der Waals surface area contributed by atoms with Gasteiger partial charge in [0.1, 0.15) is 6.67 Å². The van der Waals surface area contributed by atoms with Crippen LogP contribution in [0.25, 0.3) is 22.3 Å². The molecule has 5 rings (SSSR count). The van der Waals surface area contributed by atoms with Gasteiger partial charge >= 0.3 is 5.97 Å². The predicted molar refractivity (Wildman–Crippen MR) is 140 cm³/mol. The minimum absolute atomic E-state index is 0.0234. The molecule has 1 saturated heterocycles. The maximum absolute atomic E-state index is 13.1. The third-order valence-electron chi connectivity index (χ3n) is 6.86. The monoisotopic (exact) mass is 497 g/mol. The molecule has 1 N–H and O–H groups in total. The zero-order chi connectivity index (χ0) is 25.8. The third-order valence-corrected chi connectivity index (χ3v) is 6.86. The minimum atomic E-state index is -0.824. The van der Waals surface area contributed by atoms with Crippen molar-refractivity contribution in [3.05, 3.63) is 95.2 Å². The Hall–Kier alpha value is -4.13. The number of rotatable bonds is 9. The van der Waals surface area contributed by atoms with Crippen molar-refractivity contribution < 1.29 is 19.1 Å². The summed E-state index contributed by atoms with van der Waals surface area (Å²) in [5.41, 5.74) is 5.96. The van der Waals surface area contributed by atoms with Crippen molar-refractivity contribution >= 4 is 22.9 Å². The Morgan fingerprint density at radius 3 is 2.38 bits per heavy atom. The van der Waals surface area contributed by atoms with Gasteiger partial charge in [-0.2, -0.15) is 0 Å². The fourth-order valence-electron chi connectivity index (χ4n) is 4.71. The van der Waals surface area contributed by atoms with E-state index in [0.717, 1.165) is 11.3 Å². The first kappa shape index (κ1) is 24.6. The van der Waals surface area contributed by atoms with Crippen LogP contribution < -0.4 is 0 Å². The molecule has 7 heteroatoms. The summed E-state index contributed by atoms with van der Waals surface area (Å²) in [6.45, 7) is 0.843. The second-order valence-electron chi connectivity index (χ2n) is 9.47. The van der Waals surface area contributed by atoms with Crippen LogP contribution in [-0.2, 0) is 17.9 Å². The van der Waals surface area contributed by atoms with Gasteiger partial charge in [-0.1, -0.05) is 54.6 Å². The van der Waals surface area contributed by atoms with Gasteiger partial charge in [-0.3, -0.25) is 9.59 Å². The van der Waals surface area contributed by atoms with E-state index in [2.05, 4.69) is 12.1 Å². The van der Waals surface area contributed by atoms with E-state index in [0.29, 0.717) is 66.1 Å². The van der Waals surface area contributed by atoms with Crippen LogP contribution in [0.2, 0.25) is 0 Å². The summed E-state index contributed by atoms with van der Waals surface area (Å²) in [7, 11) is 0. The summed E-state index contributed by atoms with van der Waals surface area (Å²) in [6.07, 6.45) is 1.83. The van der Waals surface area contributed by atoms with Gasteiger partial charge in [-0.25, -0.2) is 14.4 Å². The van der Waals surface area contributed by atoms with Crippen LogP contribution in [-0.4, -0.2) is 44.9 Å². The predicted octanol–water partition coefficient (Wildman–Crippen LogP) is 5.80. The van der Waals surface area contributed by atoms with Gasteiger partial charge in [0.15, 0.2) is 0 Å². The number of carbonyl (C=O) groups is 2. The Labute approximate surface area is 214 Å². The number of carboxylic acid groups (broad SMARTS) is 1. The van der Waals surface area contributed by atoms with Crippen LogP contribution in [0.15, 0.2) is 72.8 Å². The zero-order valence-electron chi connectivity index (χ0n) is 20.4. The molecular weight excluding hydrogens is 469 g/mol. The van der Waals surface area contributed by atoms with Gasteiger partial charge in [0, 0.05) is 36.6 Å². The number of hydrogen-bond donors (Lipinski definition) is 1. The van der Waals surface area contributed by atoms with Crippen molar-refractivity contribution in [1.29, 1.82) is 0 Å². The molecule has 2 heterocycles. The number of carbonyl (C=O) groups excluding carboxylic acids is 1. The van der Waals surface area contributed by atoms with Gasteiger partial charge in [-0.15, -0.1) is 0 Å². The molecule has 0 aliphatic carbocycles. The first-order valence-electron chi connectivity index (χ1n) is 12.5. The number of carboxylic acids is 1. The fourth-order valence-corrected chi connectivity index (χ4v) is 4.71. The van der Waals surface area contributed by atoms with E-state index in [1.807, 2.05) is 41.3 Å². The van der Waals surface area contributed by atoms with Crippen molar-refractivity contribution in [3.63, 3.8) is 0 Å². The minimum Gasteiger partial charge on any atom is -0.481 e. The molecule has 188 valence electrons. The van der Waals surface area contributed by atoms with Crippen molar-refractivity contribution in [2.45, 2.75) is 38.3 Å². The molecule has 6 nitrogen and oxygen atoms in total. The summed E-state index contributed by atoms with van der Waals surface area (Å²) in [5, 5.41) is 8.97. The van der Waals surface area contributed by atoms with Crippen molar-refractivity contribution in [2.75, 3.05) is 13.1 Å². The number of likely N-dealkylation sites (tertiary alicyclic amines) is 1. The summed E-state index contributed by atoms with van der Waals surface area (Å²) in [6, 6.07) is 22.7. The molecule has 0 saturated carbocycles. The molecule has 0 spiro atoms. The van der Waals surface area contributed by atoms with E-state index in [9.17, 15) is 14.0 Å². The quantitative estimate of drug-likeness (QED) is 0.295. The average molecular weight is 498 g/mol. The van der Waals surface area contributed by atoms with Crippen LogP contribution in [0, 0.1) is 0 Å². The molecule has 0 bridgehead atoms. The van der Waals surface area contributed by atoms with Gasteiger partial charge in [0.2, 0.25) is 0 Å². The number of hydrogen-bond acceptors (Lipinski definition) is 4. The molecule has 4 aromatic rings. The topological polar surface area (TPSA) is 83.4 Å². The highest BCUT2D eigenvalue weighted by atomic mass is 19.1. The van der Waals surface area contributed by atoms with Crippen LogP contribution >= 0.6 is 0 Å². The molecule has 1 aliphatic rings. The SMILES string of the molecule is O=C(O)CCCCc1nc2cc(C(=O)N3CC(c4ccccc4)C3)ccc2nc1-c1ccc(CF)cc1. The molecule has 0 atom stereocenters. The number of unbranched alkanes of at least 4 members (excludes halogenated alkanes) is 1. The molecule has 3 aromatic carbocycles. The van der Waals surface area contributed by atoms with Gasteiger partial charge in [0.25, 0.3) is 5.91 Å². The number of fused-ring (bicyclic) bond motifs is 1. The maximum Gasteiger partial charge on any atom is 0.303 e. The lowest BCUT2D eigenvalue weighted by Crippen LogP contribution is -2.48. The average Bonchev–Trinajstić information content (AvgIpc) is 2.90. The van der Waals surface area contributed by atoms with Crippen LogP contribution in [0.3, 0.4) is 0 Å². The first-order chi connectivity index (χ1) is 18.0. The van der Waals surface area contributed by atoms with Crippen LogP contribution in [0.5, 0.6) is 0 Å². The van der Waals surface area contributed by atoms with Crippen LogP contribution in [0.4, 0.5) is 4.39 Å². The second kappa shape index (κ2) is 10.9. The Morgan fingerprint density at radius 2 is 1.68 bits per heavy atom. The van der Waals surface area contributed by atoms with Crippen LogP contribution in [0.1, 0.15) is 52.4 Å². The summed E-state index contributed by atoms with van der Waals surface area (Å²) >= 11 is 0. The molecule has 1 aromatic heterocycles. The van der Waals surface area contributed by atoms with E-state index in [-0.39, 0.29) is 12.3 Å². The van der Waals surface area contributed by atoms with Gasteiger partial charge in [-0.05, 0) is 48.6 Å². The lowest BCUT2D eigenvalue weighted by Gasteiger charge is -2.39. The number of benzene rings is 3. The smallest absolute Gasteiger partial charge is 0.303 e. The number of halogens is 1. The van der Waals surface area contributed by atoms with Crippen molar-refractivity contribution in [3.8, 4) is 11.3 Å². The Bertz CT molecular complexity index is 1420. The normalized spacial score (nSPS) is 13.5. The summed E-state index contributed by atoms with van der Waals surface area (Å²) in [5.74, 6) is -0.491. The Kier molecular flexibility index (Phi) is 7.21. The largest absolute Gasteiger partial charge is 0.481 e. The molecule has 37 heavy (non-hydrogen) atoms. The Balaban J connectivity index is 1.40. The number of amides is 1. The van der Waals surface area contributed by atoms with Gasteiger partial charge in [0.05, 0.1) is 22.4 Å². The highest BCUT2D eigenvalue weighted by Crippen LogP contribution is 2.30. The number of alkyl halides is 1. The number of aromatic nitrogens is 2. The van der Waals surface area contributed by atoms with Crippen molar-refractivity contribution in [1.82, 2.24) is 14.9 Å². The summed E-state index contributed by atoms with van der Waals surface area (Å²) < 4.78 is 13.0. The van der Waals surface area contributed by atoms with E-state index < -0.39 is 12.6 Å². The standard InChI is InChI=1S/C30H28FN3O3/c31-17-20-10-12-22(13-11-20)29-26(8-4-5-9-28(35)36)32-27-16-23(14-15-25(27)33-29)30(37)34-18-24(19-34)21-6-2-1-3-7-21/h1-3,6-7,10-16,24H,4-5,8-9,17-19H2,(H,35,36). The molecular formula is C30H28FN3O3. The maximum atomic E-state index is 13.1. The Morgan fingerprint density at radius 1 is 0.919 bits per heavy atom. The number of aliphatic carboxylic acids is 1. The first-order valence-corrected chi connectivity index (χ1v) is 12.5. The molecule has 0 radical (unpaired) electrons. The number of aryl methyl sites for hydroxylation is 1. The highest BCUT2D eigenvalue weighted by Gasteiger charge is 2.32. The number of nitrogens with zero attached hydrogens (tertiary/aromatic N) is 3. The van der Waals surface area contributed by atoms with E-state index in [4.69, 9.17) is 15.1 Å². The van der Waals surface area contributed by atoms with Gasteiger partial charge < -0.3 is 10.0 Å². The molecule has 1 fully saturated rings. The second-order valence-corrected chi connectivity index (χ2v) is 9.47. The third kappa shape index (κ3) is 5.50. The zero-order valence-corrected chi connectivity index (χ0v) is 20.4. The van der Waals surface area contributed by atoms with E-state index in [1.165, 1.54) is 5.56 Å². The fraction of sp³-hybridized carbons (Fsp3) is 0.267. The van der Waals surface area contributed by atoms with E-state index >= 15 is 0 Å². The molecule has 1 aliphatic heterocycles. The highest BCUT2D eigenvalue weighted by molar-refractivity contribution is 5.98. The summed E-state index contributed by atoms with van der Waals surface area (Å²) in [4.78, 5) is 35.6. The lowest BCUT2D eigenvalue weighted by molar-refractivity contribution is -0.137.